The number of nitrogens with two attached hydrogens (primary N) is 1. The van der Waals surface area contributed by atoms with Crippen LogP contribution in [0.25, 0.3) is 11.2 Å². The molecule has 0 radical (unpaired) electrons. The maximum atomic E-state index is 13.9. The number of aromatic amines is 1. The first kappa shape index (κ1) is 68.4. The van der Waals surface area contributed by atoms with Crippen LogP contribution in [0.2, 0.25) is 0 Å². The molecule has 0 spiro atoms. The fourth-order valence-corrected chi connectivity index (χ4v) is 7.36. The van der Waals surface area contributed by atoms with Crippen LogP contribution in [-0.4, -0.2) is 267 Å². The smallest absolute Gasteiger partial charge is 0.327 e. The minimum Gasteiger partial charge on any atom is -0.481 e. The molecule has 3 rings (SSSR count). The standard InChI is InChI=1S/C44H62N12O25S/c45-44-55-35-28(41(77)56-44)48-16(9-47-35)8-46-15-3-1-14(2-4-15)36(72)49-17(42(78)79)5-6-23(63)52-25(32(69)29(66)20(60)10-57)38(74)50-18(7-24(64)65)37(73)53-27(34(71)31(68)22(62)12-59)40(76)54-26(33(70)30(67)21(61)11-58)39(75)51-19(13-82)43(80)81/h1-4,9,17-22,25-27,29-34,46,57-62,66-71,82H,5-8,10-13H2,(H,49,72)(H,50,74)(H,51,75)(H,52,63)(H,53,73)(H,54,76)(H,64,65)(H,78,79)(H,80,81)(H3,45,47,55,56,77)/t17-,18-,19-,20+,21+,22+,25-,26-,27-,29+,30+,31+,32+,33+,34+/m0/s1. The summed E-state index contributed by atoms with van der Waals surface area (Å²) in [5.41, 5.74) is 5.43. The zero-order valence-electron chi connectivity index (χ0n) is 42.4. The number of carboxylic acid groups (broad SMARTS) is 3. The number of carbonyl (C=O) groups excluding carboxylic acids is 6. The number of nitrogens with one attached hydrogen (secondary N) is 8. The van der Waals surface area contributed by atoms with Crippen molar-refractivity contribution in [2.24, 2.45) is 0 Å². The lowest BCUT2D eigenvalue weighted by Gasteiger charge is -2.33. The van der Waals surface area contributed by atoms with Gasteiger partial charge in [0.05, 0.1) is 44.7 Å². The summed E-state index contributed by atoms with van der Waals surface area (Å²) >= 11 is 3.75. The number of amides is 6. The van der Waals surface area contributed by atoms with E-state index in [1.165, 1.54) is 30.5 Å². The van der Waals surface area contributed by atoms with Crippen molar-refractivity contribution < 1.29 is 120 Å². The molecule has 37 nitrogen and oxygen atoms in total. The number of H-pyrrole nitrogens is 1. The molecule has 2 aromatic heterocycles. The number of anilines is 2. The second-order valence-electron chi connectivity index (χ2n) is 17.8. The summed E-state index contributed by atoms with van der Waals surface area (Å²) in [4.78, 5) is 144. The van der Waals surface area contributed by atoms with Crippen LogP contribution in [0.3, 0.4) is 0 Å². The zero-order valence-corrected chi connectivity index (χ0v) is 43.3. The second-order valence-corrected chi connectivity index (χ2v) is 18.1. The van der Waals surface area contributed by atoms with E-state index in [0.29, 0.717) is 11.4 Å². The number of thiol groups is 1. The number of rotatable bonds is 34. The summed E-state index contributed by atoms with van der Waals surface area (Å²) in [6, 6.07) is -9.05. The lowest BCUT2D eigenvalue weighted by Crippen LogP contribution is -2.67. The van der Waals surface area contributed by atoms with Crippen molar-refractivity contribution in [2.75, 3.05) is 36.6 Å². The zero-order chi connectivity index (χ0) is 61.9. The molecule has 15 atom stereocenters. The first-order valence-electron chi connectivity index (χ1n) is 23.9. The Bertz CT molecular complexity index is 2780. The maximum Gasteiger partial charge on any atom is 0.327 e. The van der Waals surface area contributed by atoms with Crippen molar-refractivity contribution in [3.8, 4) is 0 Å². The van der Waals surface area contributed by atoms with Crippen LogP contribution >= 0.6 is 12.6 Å². The van der Waals surface area contributed by atoms with E-state index in [1.807, 2.05) is 5.32 Å². The predicted octanol–water partition coefficient (Wildman–Crippen LogP) is -12.0. The molecule has 2 heterocycles. The van der Waals surface area contributed by atoms with Crippen LogP contribution in [0.1, 0.15) is 35.3 Å². The van der Waals surface area contributed by atoms with Crippen LogP contribution in [0.15, 0.2) is 35.3 Å². The molecular weight excluding hydrogens is 1130 g/mol. The molecule has 1 aromatic carbocycles. The van der Waals surface area contributed by atoms with Gasteiger partial charge in [0.25, 0.3) is 11.5 Å². The van der Waals surface area contributed by atoms with Crippen molar-refractivity contribution in [1.29, 1.82) is 0 Å². The highest BCUT2D eigenvalue weighted by Gasteiger charge is 2.44. The van der Waals surface area contributed by atoms with Gasteiger partial charge in [-0.1, -0.05) is 0 Å². The molecule has 454 valence electrons. The first-order valence-corrected chi connectivity index (χ1v) is 24.5. The number of aromatic nitrogens is 4. The Labute approximate surface area is 465 Å². The van der Waals surface area contributed by atoms with Crippen LogP contribution in [0, 0.1) is 0 Å². The van der Waals surface area contributed by atoms with Gasteiger partial charge in [-0.25, -0.2) is 19.6 Å². The van der Waals surface area contributed by atoms with Crippen LogP contribution < -0.4 is 48.5 Å². The largest absolute Gasteiger partial charge is 0.481 e. The molecule has 0 fully saturated rings. The van der Waals surface area contributed by atoms with Gasteiger partial charge < -0.3 is 120 Å². The van der Waals surface area contributed by atoms with Gasteiger partial charge >= 0.3 is 17.9 Å². The van der Waals surface area contributed by atoms with Gasteiger partial charge in [0.15, 0.2) is 11.2 Å². The molecule has 0 saturated carbocycles. The summed E-state index contributed by atoms with van der Waals surface area (Å²) in [5, 5.41) is 166. The molecule has 6 amide bonds. The monoisotopic (exact) mass is 1190 g/mol. The molecule has 0 bridgehead atoms. The third-order valence-electron chi connectivity index (χ3n) is 11.8. The summed E-state index contributed by atoms with van der Waals surface area (Å²) in [7, 11) is 0. The Morgan fingerprint density at radius 1 is 0.585 bits per heavy atom. The average Bonchev–Trinajstić information content (AvgIpc) is 3.62. The van der Waals surface area contributed by atoms with Gasteiger partial charge in [0.1, 0.15) is 91.2 Å². The Morgan fingerprint density at radius 2 is 1.05 bits per heavy atom. The van der Waals surface area contributed by atoms with Gasteiger partial charge in [0.2, 0.25) is 35.5 Å². The number of nitrogen functional groups attached to an aromatic ring is 1. The number of aliphatic hydroxyl groups excluding tert-OH is 12. The number of carbonyl (C=O) groups is 9. The van der Waals surface area contributed by atoms with E-state index >= 15 is 0 Å². The molecular formula is C44H62N12O25S. The Hall–Kier alpha value is -7.86. The van der Waals surface area contributed by atoms with E-state index in [4.69, 9.17) is 5.73 Å². The third-order valence-corrected chi connectivity index (χ3v) is 12.1. The molecule has 0 aliphatic carbocycles. The van der Waals surface area contributed by atoms with Crippen molar-refractivity contribution in [2.45, 2.75) is 117 Å². The van der Waals surface area contributed by atoms with E-state index in [0.717, 1.165) is 0 Å². The maximum absolute atomic E-state index is 13.9. The summed E-state index contributed by atoms with van der Waals surface area (Å²) in [6.45, 7) is -3.94. The Morgan fingerprint density at radius 3 is 1.51 bits per heavy atom. The number of hydrogen-bond acceptors (Lipinski definition) is 28. The molecule has 38 heteroatoms. The summed E-state index contributed by atoms with van der Waals surface area (Å²) in [5.74, 6) is -16.0. The molecule has 0 aliphatic rings. The van der Waals surface area contributed by atoms with Crippen LogP contribution in [-0.2, 0) is 44.9 Å². The summed E-state index contributed by atoms with van der Waals surface area (Å²) < 4.78 is 0. The van der Waals surface area contributed by atoms with Gasteiger partial charge in [-0.15, -0.1) is 0 Å². The molecule has 3 aromatic rings. The van der Waals surface area contributed by atoms with Gasteiger partial charge in [-0.05, 0) is 30.7 Å². The third kappa shape index (κ3) is 19.4. The van der Waals surface area contributed by atoms with E-state index in [1.54, 1.807) is 21.3 Å². The van der Waals surface area contributed by atoms with Gasteiger partial charge in [0, 0.05) is 23.4 Å². The number of hydrogen-bond donors (Lipinski definition) is 25. The number of fused-ring (bicyclic) bond motifs is 1. The highest BCUT2D eigenvalue weighted by atomic mass is 32.1. The minimum atomic E-state index is -2.87. The van der Waals surface area contributed by atoms with Crippen molar-refractivity contribution in [3.63, 3.8) is 0 Å². The highest BCUT2D eigenvalue weighted by molar-refractivity contribution is 7.80. The summed E-state index contributed by atoms with van der Waals surface area (Å²) in [6.07, 6.45) is -25.0. The van der Waals surface area contributed by atoms with E-state index < -0.39 is 195 Å². The van der Waals surface area contributed by atoms with E-state index in [9.17, 15) is 125 Å². The second kappa shape index (κ2) is 32.0. The van der Waals surface area contributed by atoms with E-state index in [-0.39, 0.29) is 29.2 Å². The Balaban J connectivity index is 1.87. The van der Waals surface area contributed by atoms with Crippen molar-refractivity contribution in [1.82, 2.24) is 51.8 Å². The molecule has 0 saturated heterocycles. The quantitative estimate of drug-likeness (QED) is 0.0247. The number of aliphatic carboxylic acids is 3. The normalized spacial score (nSPS) is 16.9. The van der Waals surface area contributed by atoms with E-state index in [2.05, 4.69) is 43.2 Å². The van der Waals surface area contributed by atoms with Gasteiger partial charge in [-0.3, -0.25) is 43.3 Å². The Kier molecular flexibility index (Phi) is 26.7. The minimum absolute atomic E-state index is 0.00368. The first-order chi connectivity index (χ1) is 38.5. The van der Waals surface area contributed by atoms with Crippen molar-refractivity contribution >= 4 is 88.8 Å². The lowest BCUT2D eigenvalue weighted by molar-refractivity contribution is -0.148. The number of benzene rings is 1. The van der Waals surface area contributed by atoms with Gasteiger partial charge in [-0.2, -0.15) is 17.6 Å². The number of aliphatic hydroxyl groups is 12. The molecule has 0 aliphatic heterocycles. The van der Waals surface area contributed by atoms with Crippen molar-refractivity contribution in [3.05, 3.63) is 52.1 Å². The highest BCUT2D eigenvalue weighted by Crippen LogP contribution is 2.15. The SMILES string of the molecule is Nc1nc2ncc(CNc3ccc(C(=O)N[C@@H](CCC(=O)N[C@H](C(=O)N[C@@H](CC(=O)O)C(=O)N[C@H](C(=O)N[C@H](C(=O)N[C@@H](CS)C(=O)O)[C@@H](O)[C@H](O)[C@H](O)CO)[C@@H](O)[C@H](O)[C@H](O)CO)[C@@H](O)[C@H](O)[C@H](O)CO)C(=O)O)cc3)nc2c(=O)[nH]1. The number of carboxylic acids is 3. The molecule has 82 heavy (non-hydrogen) atoms. The molecule has 0 unspecified atom stereocenters. The molecule has 25 N–H and O–H groups in total. The number of nitrogens with zero attached hydrogens (tertiary/aromatic N) is 3. The average molecular weight is 1190 g/mol. The fraction of sp³-hybridized carbons (Fsp3) is 0.523. The van der Waals surface area contributed by atoms with Crippen LogP contribution in [0.5, 0.6) is 0 Å². The fourth-order valence-electron chi connectivity index (χ4n) is 7.11. The van der Waals surface area contributed by atoms with Crippen LogP contribution in [0.4, 0.5) is 11.6 Å². The lowest BCUT2D eigenvalue weighted by atomic mass is 9.96. The topological polar surface area (TPSA) is 639 Å². The predicted molar refractivity (Wildman–Crippen MR) is 273 cm³/mol.